The predicted molar refractivity (Wildman–Crippen MR) is 119 cm³/mol. The Bertz CT molecular complexity index is 928. The smallest absolute Gasteiger partial charge is 0.268 e. The van der Waals surface area contributed by atoms with Crippen LogP contribution in [0.4, 0.5) is 0 Å². The number of hydrogen-bond donors (Lipinski definition) is 0. The third-order valence-corrected chi connectivity index (χ3v) is 5.54. The molecule has 0 saturated carbocycles. The van der Waals surface area contributed by atoms with Gasteiger partial charge in [-0.1, -0.05) is 55.8 Å². The molecule has 0 bridgehead atoms. The van der Waals surface area contributed by atoms with Gasteiger partial charge in [-0.05, 0) is 44.0 Å². The van der Waals surface area contributed by atoms with E-state index in [1.54, 1.807) is 0 Å². The summed E-state index contributed by atoms with van der Waals surface area (Å²) < 4.78 is 5.70. The zero-order valence-electron chi connectivity index (χ0n) is 17.6. The van der Waals surface area contributed by atoms with Crippen molar-refractivity contribution in [2.24, 2.45) is 0 Å². The van der Waals surface area contributed by atoms with Gasteiger partial charge < -0.3 is 4.74 Å². The number of hydrogen-bond acceptors (Lipinski definition) is 4. The van der Waals surface area contributed by atoms with Crippen LogP contribution in [0.25, 0.3) is 5.57 Å². The van der Waals surface area contributed by atoms with Gasteiger partial charge in [-0.3, -0.25) is 14.5 Å². The standard InChI is InChI=1S/C24H27NO3S/c1-15(2)28-20-12-10-19(11-13-20)21-22(29-16(3)4)24(27)25(23(21)26)14-18-8-6-17(5)7-9-18/h6-13,15-16H,14H2,1-5H3. The Kier molecular flexibility index (Phi) is 6.48. The fourth-order valence-corrected chi connectivity index (χ4v) is 4.15. The minimum atomic E-state index is -0.240. The first-order chi connectivity index (χ1) is 13.8. The second-order valence-corrected chi connectivity index (χ2v) is 9.33. The number of rotatable bonds is 7. The second-order valence-electron chi connectivity index (χ2n) is 7.74. The van der Waals surface area contributed by atoms with Gasteiger partial charge in [-0.25, -0.2) is 0 Å². The molecule has 1 aliphatic heterocycles. The maximum Gasteiger partial charge on any atom is 0.268 e. The molecule has 1 heterocycles. The van der Waals surface area contributed by atoms with Crippen LogP contribution in [-0.2, 0) is 16.1 Å². The molecule has 152 valence electrons. The van der Waals surface area contributed by atoms with Crippen molar-refractivity contribution >= 4 is 29.1 Å². The number of nitrogens with zero attached hydrogens (tertiary/aromatic N) is 1. The lowest BCUT2D eigenvalue weighted by atomic mass is 10.1. The highest BCUT2D eigenvalue weighted by molar-refractivity contribution is 8.04. The topological polar surface area (TPSA) is 46.6 Å². The minimum absolute atomic E-state index is 0.0758. The summed E-state index contributed by atoms with van der Waals surface area (Å²) >= 11 is 1.44. The Hall–Kier alpha value is -2.53. The average molecular weight is 410 g/mol. The van der Waals surface area contributed by atoms with Crippen molar-refractivity contribution < 1.29 is 14.3 Å². The van der Waals surface area contributed by atoms with Gasteiger partial charge in [0, 0.05) is 5.25 Å². The van der Waals surface area contributed by atoms with Gasteiger partial charge in [0.25, 0.3) is 11.8 Å². The molecule has 0 unspecified atom stereocenters. The molecule has 1 aliphatic rings. The van der Waals surface area contributed by atoms with Gasteiger partial charge in [0.05, 0.1) is 23.1 Å². The van der Waals surface area contributed by atoms with E-state index in [1.165, 1.54) is 16.7 Å². The molecule has 0 spiro atoms. The molecule has 2 aromatic carbocycles. The number of carbonyl (C=O) groups excluding carboxylic acids is 2. The Labute approximate surface area is 176 Å². The van der Waals surface area contributed by atoms with E-state index in [-0.39, 0.29) is 29.7 Å². The zero-order valence-corrected chi connectivity index (χ0v) is 18.4. The largest absolute Gasteiger partial charge is 0.491 e. The summed E-state index contributed by atoms with van der Waals surface area (Å²) in [5, 5.41) is 0.194. The van der Waals surface area contributed by atoms with Crippen molar-refractivity contribution in [1.29, 1.82) is 0 Å². The summed E-state index contributed by atoms with van der Waals surface area (Å²) in [6, 6.07) is 15.3. The van der Waals surface area contributed by atoms with Crippen molar-refractivity contribution in [2.45, 2.75) is 52.5 Å². The molecule has 2 amide bonds. The van der Waals surface area contributed by atoms with E-state index in [0.29, 0.717) is 10.5 Å². The molecule has 0 atom stereocenters. The summed E-state index contributed by atoms with van der Waals surface area (Å²) in [7, 11) is 0. The third-order valence-electron chi connectivity index (χ3n) is 4.46. The van der Waals surface area contributed by atoms with Gasteiger partial charge in [0.1, 0.15) is 5.75 Å². The van der Waals surface area contributed by atoms with Crippen LogP contribution in [0.15, 0.2) is 53.4 Å². The zero-order chi connectivity index (χ0) is 21.1. The number of ether oxygens (including phenoxy) is 1. The van der Waals surface area contributed by atoms with Crippen molar-refractivity contribution in [3.63, 3.8) is 0 Å². The second kappa shape index (κ2) is 8.87. The summed E-state index contributed by atoms with van der Waals surface area (Å²) in [5.41, 5.74) is 3.31. The van der Waals surface area contributed by atoms with E-state index >= 15 is 0 Å². The lowest BCUT2D eigenvalue weighted by molar-refractivity contribution is -0.137. The number of thioether (sulfide) groups is 1. The molecule has 5 heteroatoms. The van der Waals surface area contributed by atoms with E-state index in [9.17, 15) is 9.59 Å². The number of imide groups is 1. The normalized spacial score (nSPS) is 14.5. The molecular weight excluding hydrogens is 382 g/mol. The SMILES string of the molecule is Cc1ccc(CN2C(=O)C(SC(C)C)=C(c3ccc(OC(C)C)cc3)C2=O)cc1. The molecule has 29 heavy (non-hydrogen) atoms. The van der Waals surface area contributed by atoms with Crippen LogP contribution in [0.3, 0.4) is 0 Å². The molecule has 0 saturated heterocycles. The van der Waals surface area contributed by atoms with E-state index in [1.807, 2.05) is 83.1 Å². The Morgan fingerprint density at radius 3 is 2.07 bits per heavy atom. The monoisotopic (exact) mass is 409 g/mol. The van der Waals surface area contributed by atoms with Crippen LogP contribution in [0.1, 0.15) is 44.4 Å². The van der Waals surface area contributed by atoms with E-state index in [4.69, 9.17) is 4.74 Å². The van der Waals surface area contributed by atoms with Crippen molar-refractivity contribution in [1.82, 2.24) is 4.90 Å². The van der Waals surface area contributed by atoms with Gasteiger partial charge in [-0.2, -0.15) is 0 Å². The molecule has 2 aromatic rings. The first-order valence-electron chi connectivity index (χ1n) is 9.86. The summed E-state index contributed by atoms with van der Waals surface area (Å²) in [5.74, 6) is 0.290. The molecule has 0 fully saturated rings. The van der Waals surface area contributed by atoms with Crippen LogP contribution in [-0.4, -0.2) is 28.1 Å². The minimum Gasteiger partial charge on any atom is -0.491 e. The Morgan fingerprint density at radius 1 is 0.897 bits per heavy atom. The predicted octanol–water partition coefficient (Wildman–Crippen LogP) is 5.20. The van der Waals surface area contributed by atoms with Gasteiger partial charge in [0.15, 0.2) is 0 Å². The van der Waals surface area contributed by atoms with Crippen LogP contribution >= 0.6 is 11.8 Å². The fourth-order valence-electron chi connectivity index (χ4n) is 3.15. The number of aryl methyl sites for hydroxylation is 1. The first kappa shape index (κ1) is 21.2. The van der Waals surface area contributed by atoms with E-state index in [0.717, 1.165) is 22.4 Å². The molecule has 0 aliphatic carbocycles. The molecule has 3 rings (SSSR count). The molecule has 0 N–H and O–H groups in total. The quantitative estimate of drug-likeness (QED) is 0.590. The first-order valence-corrected chi connectivity index (χ1v) is 10.7. The summed E-state index contributed by atoms with van der Waals surface area (Å²) in [6.45, 7) is 10.3. The summed E-state index contributed by atoms with van der Waals surface area (Å²) in [6.07, 6.45) is 0.0758. The Balaban J connectivity index is 1.93. The van der Waals surface area contributed by atoms with E-state index < -0.39 is 0 Å². The highest BCUT2D eigenvalue weighted by Crippen LogP contribution is 2.38. The number of carbonyl (C=O) groups is 2. The summed E-state index contributed by atoms with van der Waals surface area (Å²) in [4.78, 5) is 28.2. The van der Waals surface area contributed by atoms with E-state index in [2.05, 4.69) is 0 Å². The molecule has 0 radical (unpaired) electrons. The Morgan fingerprint density at radius 2 is 1.52 bits per heavy atom. The van der Waals surface area contributed by atoms with Crippen LogP contribution in [0.2, 0.25) is 0 Å². The highest BCUT2D eigenvalue weighted by atomic mass is 32.2. The van der Waals surface area contributed by atoms with Crippen LogP contribution in [0, 0.1) is 6.92 Å². The number of benzene rings is 2. The lowest BCUT2D eigenvalue weighted by Gasteiger charge is -2.15. The third kappa shape index (κ3) is 4.91. The van der Waals surface area contributed by atoms with Crippen LogP contribution < -0.4 is 4.74 Å². The van der Waals surface area contributed by atoms with Gasteiger partial charge in [0.2, 0.25) is 0 Å². The van der Waals surface area contributed by atoms with Gasteiger partial charge in [-0.15, -0.1) is 11.8 Å². The maximum absolute atomic E-state index is 13.2. The molecule has 0 aromatic heterocycles. The van der Waals surface area contributed by atoms with Crippen molar-refractivity contribution in [3.8, 4) is 5.75 Å². The lowest BCUT2D eigenvalue weighted by Crippen LogP contribution is -2.31. The van der Waals surface area contributed by atoms with Crippen LogP contribution in [0.5, 0.6) is 5.75 Å². The molecule has 4 nitrogen and oxygen atoms in total. The fraction of sp³-hybridized carbons (Fsp3) is 0.333. The number of amides is 2. The molecular formula is C24H27NO3S. The maximum atomic E-state index is 13.2. The average Bonchev–Trinajstić information content (AvgIpc) is 2.88. The van der Waals surface area contributed by atoms with Crippen molar-refractivity contribution in [2.75, 3.05) is 0 Å². The highest BCUT2D eigenvalue weighted by Gasteiger charge is 2.39. The van der Waals surface area contributed by atoms with Crippen molar-refractivity contribution in [3.05, 3.63) is 70.1 Å². The van der Waals surface area contributed by atoms with Gasteiger partial charge >= 0.3 is 0 Å².